The molecule has 0 amide bonds. The van der Waals surface area contributed by atoms with Crippen LogP contribution in [0.15, 0.2) is 24.3 Å². The van der Waals surface area contributed by atoms with Gasteiger partial charge in [-0.25, -0.2) is 12.7 Å². The molecule has 114 valence electrons. The lowest BCUT2D eigenvalue weighted by molar-refractivity contribution is 0.398. The molecule has 0 radical (unpaired) electrons. The molecule has 0 aromatic heterocycles. The van der Waals surface area contributed by atoms with Gasteiger partial charge in [0.2, 0.25) is 10.0 Å². The zero-order valence-electron chi connectivity index (χ0n) is 12.4. The first-order chi connectivity index (χ1) is 9.51. The van der Waals surface area contributed by atoms with Crippen molar-refractivity contribution >= 4 is 10.0 Å². The summed E-state index contributed by atoms with van der Waals surface area (Å²) in [6.07, 6.45) is 0.997. The topological polar surface area (TPSA) is 58.6 Å². The number of nitrogens with zero attached hydrogens (tertiary/aromatic N) is 1. The van der Waals surface area contributed by atoms with E-state index in [1.807, 2.05) is 24.3 Å². The third kappa shape index (κ3) is 5.11. The number of ether oxygens (including phenoxy) is 1. The SMILES string of the molecule is CCCNCCS(=O)(=O)N(C)Cc1ccccc1OC. The van der Waals surface area contributed by atoms with E-state index in [-0.39, 0.29) is 5.75 Å². The first-order valence-electron chi connectivity index (χ1n) is 6.78. The zero-order valence-corrected chi connectivity index (χ0v) is 13.2. The van der Waals surface area contributed by atoms with Crippen LogP contribution in [0.3, 0.4) is 0 Å². The van der Waals surface area contributed by atoms with Crippen LogP contribution in [0.2, 0.25) is 0 Å². The molecule has 6 heteroatoms. The number of sulfonamides is 1. The Morgan fingerprint density at radius 3 is 2.60 bits per heavy atom. The molecule has 0 heterocycles. The molecule has 1 aromatic rings. The van der Waals surface area contributed by atoms with Gasteiger partial charge in [0.1, 0.15) is 5.75 Å². The third-order valence-electron chi connectivity index (χ3n) is 3.02. The highest BCUT2D eigenvalue weighted by atomic mass is 32.2. The van der Waals surface area contributed by atoms with Gasteiger partial charge in [0, 0.05) is 25.7 Å². The summed E-state index contributed by atoms with van der Waals surface area (Å²) in [7, 11) is -0.0645. The summed E-state index contributed by atoms with van der Waals surface area (Å²) in [5.74, 6) is 0.817. The van der Waals surface area contributed by atoms with Gasteiger partial charge in [-0.15, -0.1) is 0 Å². The van der Waals surface area contributed by atoms with Crippen molar-refractivity contribution in [3.63, 3.8) is 0 Å². The summed E-state index contributed by atoms with van der Waals surface area (Å²) < 4.78 is 30.9. The van der Waals surface area contributed by atoms with Crippen molar-refractivity contribution in [3.05, 3.63) is 29.8 Å². The molecule has 0 unspecified atom stereocenters. The van der Waals surface area contributed by atoms with Crippen LogP contribution in [0.5, 0.6) is 5.75 Å². The number of hydrogen-bond donors (Lipinski definition) is 1. The lowest BCUT2D eigenvalue weighted by Crippen LogP contribution is -2.33. The maximum Gasteiger partial charge on any atom is 0.215 e. The molecule has 0 aliphatic carbocycles. The number of para-hydroxylation sites is 1. The quantitative estimate of drug-likeness (QED) is 0.701. The molecule has 0 fully saturated rings. The van der Waals surface area contributed by atoms with E-state index in [0.29, 0.717) is 18.8 Å². The predicted molar refractivity (Wildman–Crippen MR) is 81.4 cm³/mol. The molecule has 0 saturated carbocycles. The van der Waals surface area contributed by atoms with Gasteiger partial charge in [-0.3, -0.25) is 0 Å². The van der Waals surface area contributed by atoms with Crippen LogP contribution in [0.1, 0.15) is 18.9 Å². The van der Waals surface area contributed by atoms with Gasteiger partial charge in [-0.1, -0.05) is 25.1 Å². The van der Waals surface area contributed by atoms with Gasteiger partial charge in [0.25, 0.3) is 0 Å². The van der Waals surface area contributed by atoms with E-state index in [2.05, 4.69) is 12.2 Å². The van der Waals surface area contributed by atoms with E-state index >= 15 is 0 Å². The number of hydrogen-bond acceptors (Lipinski definition) is 4. The van der Waals surface area contributed by atoms with Crippen molar-refractivity contribution in [1.29, 1.82) is 0 Å². The second kappa shape index (κ2) is 8.24. The largest absolute Gasteiger partial charge is 0.496 e. The van der Waals surface area contributed by atoms with Crippen molar-refractivity contribution in [2.45, 2.75) is 19.9 Å². The van der Waals surface area contributed by atoms with Gasteiger partial charge in [-0.2, -0.15) is 0 Å². The van der Waals surface area contributed by atoms with Crippen molar-refractivity contribution in [1.82, 2.24) is 9.62 Å². The minimum Gasteiger partial charge on any atom is -0.496 e. The van der Waals surface area contributed by atoms with Gasteiger partial charge in [0.05, 0.1) is 12.9 Å². The average Bonchev–Trinajstić information content (AvgIpc) is 2.44. The fourth-order valence-corrected chi connectivity index (χ4v) is 2.88. The molecule has 0 atom stereocenters. The molecule has 20 heavy (non-hydrogen) atoms. The Hall–Kier alpha value is -1.11. The fourth-order valence-electron chi connectivity index (χ4n) is 1.83. The normalized spacial score (nSPS) is 11.8. The minimum atomic E-state index is -3.25. The highest BCUT2D eigenvalue weighted by Gasteiger charge is 2.18. The summed E-state index contributed by atoms with van der Waals surface area (Å²) in [5, 5.41) is 3.10. The van der Waals surface area contributed by atoms with E-state index in [1.165, 1.54) is 4.31 Å². The Balaban J connectivity index is 2.62. The molecule has 1 rings (SSSR count). The molecule has 0 spiro atoms. The fraction of sp³-hybridized carbons (Fsp3) is 0.571. The van der Waals surface area contributed by atoms with E-state index in [1.54, 1.807) is 14.2 Å². The van der Waals surface area contributed by atoms with Crippen LogP contribution in [0.4, 0.5) is 0 Å². The summed E-state index contributed by atoms with van der Waals surface area (Å²) >= 11 is 0. The Morgan fingerprint density at radius 1 is 1.25 bits per heavy atom. The molecular formula is C14H24N2O3S. The van der Waals surface area contributed by atoms with Gasteiger partial charge >= 0.3 is 0 Å². The molecule has 0 aliphatic heterocycles. The summed E-state index contributed by atoms with van der Waals surface area (Å²) in [4.78, 5) is 0. The second-order valence-electron chi connectivity index (χ2n) is 4.63. The molecule has 0 bridgehead atoms. The number of nitrogens with one attached hydrogen (secondary N) is 1. The standard InChI is InChI=1S/C14H24N2O3S/c1-4-9-15-10-11-20(17,18)16(2)12-13-7-5-6-8-14(13)19-3/h5-8,15H,4,9-12H2,1-3H3. The van der Waals surface area contributed by atoms with E-state index in [4.69, 9.17) is 4.74 Å². The first-order valence-corrected chi connectivity index (χ1v) is 8.38. The minimum absolute atomic E-state index is 0.110. The number of methoxy groups -OCH3 is 1. The molecule has 1 N–H and O–H groups in total. The van der Waals surface area contributed by atoms with Crippen molar-refractivity contribution < 1.29 is 13.2 Å². The van der Waals surface area contributed by atoms with E-state index in [0.717, 1.165) is 18.5 Å². The Labute approximate surface area is 122 Å². The van der Waals surface area contributed by atoms with E-state index in [9.17, 15) is 8.42 Å². The smallest absolute Gasteiger partial charge is 0.215 e. The Morgan fingerprint density at radius 2 is 1.95 bits per heavy atom. The van der Waals surface area contributed by atoms with Crippen molar-refractivity contribution in [2.75, 3.05) is 33.0 Å². The van der Waals surface area contributed by atoms with E-state index < -0.39 is 10.0 Å². The van der Waals surface area contributed by atoms with Crippen LogP contribution < -0.4 is 10.1 Å². The lowest BCUT2D eigenvalue weighted by Gasteiger charge is -2.18. The highest BCUT2D eigenvalue weighted by Crippen LogP contribution is 2.19. The van der Waals surface area contributed by atoms with Gasteiger partial charge in [-0.05, 0) is 19.0 Å². The maximum absolute atomic E-state index is 12.1. The predicted octanol–water partition coefficient (Wildman–Crippen LogP) is 1.46. The van der Waals surface area contributed by atoms with Crippen molar-refractivity contribution in [2.24, 2.45) is 0 Å². The molecule has 0 aliphatic rings. The first kappa shape index (κ1) is 16.9. The van der Waals surface area contributed by atoms with Gasteiger partial charge < -0.3 is 10.1 Å². The Kier molecular flexibility index (Phi) is 6.98. The maximum atomic E-state index is 12.1. The number of benzene rings is 1. The van der Waals surface area contributed by atoms with Crippen LogP contribution in [-0.4, -0.2) is 45.7 Å². The monoisotopic (exact) mass is 300 g/mol. The summed E-state index contributed by atoms with van der Waals surface area (Å²) in [6.45, 7) is 3.69. The van der Waals surface area contributed by atoms with Crippen LogP contribution >= 0.6 is 0 Å². The molecule has 5 nitrogen and oxygen atoms in total. The summed E-state index contributed by atoms with van der Waals surface area (Å²) in [5.41, 5.74) is 0.864. The van der Waals surface area contributed by atoms with Crippen LogP contribution in [0.25, 0.3) is 0 Å². The van der Waals surface area contributed by atoms with Gasteiger partial charge in [0.15, 0.2) is 0 Å². The molecular weight excluding hydrogens is 276 g/mol. The third-order valence-corrected chi connectivity index (χ3v) is 4.82. The zero-order chi connectivity index (χ0) is 15.0. The lowest BCUT2D eigenvalue weighted by atomic mass is 10.2. The Bertz CT molecular complexity index is 503. The second-order valence-corrected chi connectivity index (χ2v) is 6.83. The van der Waals surface area contributed by atoms with Crippen molar-refractivity contribution in [3.8, 4) is 5.75 Å². The number of rotatable bonds is 9. The highest BCUT2D eigenvalue weighted by molar-refractivity contribution is 7.89. The molecule has 1 aromatic carbocycles. The van der Waals surface area contributed by atoms with Crippen LogP contribution in [0, 0.1) is 0 Å². The average molecular weight is 300 g/mol. The molecule has 0 saturated heterocycles. The summed E-state index contributed by atoms with van der Waals surface area (Å²) in [6, 6.07) is 7.45. The van der Waals surface area contributed by atoms with Crippen LogP contribution in [-0.2, 0) is 16.6 Å².